The number of hydrogen-bond donors (Lipinski definition) is 0. The SMILES string of the molecule is O=C(OCc1coc(-c2ccccc2)n1)C1CC(=O)N(CCc2ccccc2)C1. The Balaban J connectivity index is 1.27. The second kappa shape index (κ2) is 8.73. The summed E-state index contributed by atoms with van der Waals surface area (Å²) in [4.78, 5) is 30.7. The van der Waals surface area contributed by atoms with Crippen molar-refractivity contribution >= 4 is 11.9 Å². The normalized spacial score (nSPS) is 16.2. The fourth-order valence-corrected chi connectivity index (χ4v) is 3.40. The Morgan fingerprint density at radius 2 is 1.83 bits per heavy atom. The summed E-state index contributed by atoms with van der Waals surface area (Å²) in [7, 11) is 0. The van der Waals surface area contributed by atoms with E-state index in [1.54, 1.807) is 4.90 Å². The lowest BCUT2D eigenvalue weighted by Crippen LogP contribution is -2.28. The van der Waals surface area contributed by atoms with Crippen LogP contribution in [0.1, 0.15) is 17.7 Å². The van der Waals surface area contributed by atoms with E-state index in [1.807, 2.05) is 60.7 Å². The van der Waals surface area contributed by atoms with E-state index in [2.05, 4.69) is 4.98 Å². The van der Waals surface area contributed by atoms with Gasteiger partial charge < -0.3 is 14.1 Å². The lowest BCUT2D eigenvalue weighted by atomic mass is 10.1. The smallest absolute Gasteiger partial charge is 0.311 e. The highest BCUT2D eigenvalue weighted by Gasteiger charge is 2.35. The quantitative estimate of drug-likeness (QED) is 0.578. The van der Waals surface area contributed by atoms with E-state index in [4.69, 9.17) is 9.15 Å². The van der Waals surface area contributed by atoms with Crippen molar-refractivity contribution in [1.82, 2.24) is 9.88 Å². The molecule has 6 heteroatoms. The van der Waals surface area contributed by atoms with Gasteiger partial charge in [-0.1, -0.05) is 48.5 Å². The first-order valence-electron chi connectivity index (χ1n) is 9.67. The number of hydrogen-bond acceptors (Lipinski definition) is 5. The summed E-state index contributed by atoms with van der Waals surface area (Å²) < 4.78 is 10.8. The Labute approximate surface area is 169 Å². The molecule has 0 saturated carbocycles. The van der Waals surface area contributed by atoms with Crippen molar-refractivity contribution < 1.29 is 18.7 Å². The minimum atomic E-state index is -0.432. The largest absolute Gasteiger partial charge is 0.459 e. The third-order valence-electron chi connectivity index (χ3n) is 5.00. The summed E-state index contributed by atoms with van der Waals surface area (Å²) in [6.45, 7) is 1.04. The van der Waals surface area contributed by atoms with Crippen LogP contribution in [0.2, 0.25) is 0 Å². The molecule has 1 fully saturated rings. The third kappa shape index (κ3) is 4.71. The predicted molar refractivity (Wildman–Crippen MR) is 107 cm³/mol. The first-order valence-corrected chi connectivity index (χ1v) is 9.67. The van der Waals surface area contributed by atoms with E-state index < -0.39 is 5.92 Å². The number of carbonyl (C=O) groups excluding carboxylic acids is 2. The third-order valence-corrected chi connectivity index (χ3v) is 5.00. The maximum atomic E-state index is 12.4. The lowest BCUT2D eigenvalue weighted by Gasteiger charge is -2.16. The van der Waals surface area contributed by atoms with Crippen molar-refractivity contribution in [2.24, 2.45) is 5.92 Å². The average molecular weight is 390 g/mol. The molecule has 3 aromatic rings. The molecular formula is C23H22N2O4. The zero-order chi connectivity index (χ0) is 20.1. The summed E-state index contributed by atoms with van der Waals surface area (Å²) >= 11 is 0. The highest BCUT2D eigenvalue weighted by molar-refractivity contribution is 5.86. The van der Waals surface area contributed by atoms with Gasteiger partial charge >= 0.3 is 5.97 Å². The molecule has 1 saturated heterocycles. The molecule has 2 heterocycles. The lowest BCUT2D eigenvalue weighted by molar-refractivity contribution is -0.149. The monoisotopic (exact) mass is 390 g/mol. The van der Waals surface area contributed by atoms with Crippen LogP contribution in [-0.4, -0.2) is 34.8 Å². The summed E-state index contributed by atoms with van der Waals surface area (Å²) in [5, 5.41) is 0. The van der Waals surface area contributed by atoms with Crippen molar-refractivity contribution in [2.75, 3.05) is 13.1 Å². The van der Waals surface area contributed by atoms with Crippen LogP contribution in [0.25, 0.3) is 11.5 Å². The predicted octanol–water partition coefficient (Wildman–Crippen LogP) is 3.48. The van der Waals surface area contributed by atoms with Crippen molar-refractivity contribution in [2.45, 2.75) is 19.4 Å². The number of carbonyl (C=O) groups is 2. The molecule has 29 heavy (non-hydrogen) atoms. The minimum absolute atomic E-state index is 0.00400. The Kier molecular flexibility index (Phi) is 5.70. The Morgan fingerprint density at radius 3 is 2.59 bits per heavy atom. The van der Waals surface area contributed by atoms with Crippen LogP contribution in [0.3, 0.4) is 0 Å². The Bertz CT molecular complexity index is 969. The van der Waals surface area contributed by atoms with Crippen molar-refractivity contribution in [3.8, 4) is 11.5 Å². The second-order valence-electron chi connectivity index (χ2n) is 7.09. The zero-order valence-electron chi connectivity index (χ0n) is 16.0. The van der Waals surface area contributed by atoms with Crippen LogP contribution in [0, 0.1) is 5.92 Å². The van der Waals surface area contributed by atoms with Crippen molar-refractivity contribution in [3.63, 3.8) is 0 Å². The second-order valence-corrected chi connectivity index (χ2v) is 7.09. The van der Waals surface area contributed by atoms with E-state index in [0.717, 1.165) is 12.0 Å². The fraction of sp³-hybridized carbons (Fsp3) is 0.261. The van der Waals surface area contributed by atoms with Gasteiger partial charge in [-0.2, -0.15) is 0 Å². The van der Waals surface area contributed by atoms with Gasteiger partial charge in [0, 0.05) is 25.1 Å². The highest BCUT2D eigenvalue weighted by Crippen LogP contribution is 2.21. The van der Waals surface area contributed by atoms with E-state index in [-0.39, 0.29) is 24.9 Å². The number of ether oxygens (including phenoxy) is 1. The fourth-order valence-electron chi connectivity index (χ4n) is 3.40. The Morgan fingerprint density at radius 1 is 1.10 bits per heavy atom. The van der Waals surface area contributed by atoms with Gasteiger partial charge in [-0.15, -0.1) is 0 Å². The van der Waals surface area contributed by atoms with Crippen LogP contribution in [0.15, 0.2) is 71.3 Å². The highest BCUT2D eigenvalue weighted by atomic mass is 16.5. The van der Waals surface area contributed by atoms with Gasteiger partial charge in [0.1, 0.15) is 18.6 Å². The number of benzene rings is 2. The molecule has 1 aliphatic heterocycles. The van der Waals surface area contributed by atoms with Gasteiger partial charge in [0.15, 0.2) is 0 Å². The molecule has 1 aliphatic rings. The van der Waals surface area contributed by atoms with Crippen LogP contribution in [0.5, 0.6) is 0 Å². The number of oxazole rings is 1. The zero-order valence-corrected chi connectivity index (χ0v) is 16.0. The molecule has 0 N–H and O–H groups in total. The maximum absolute atomic E-state index is 12.4. The molecule has 148 valence electrons. The molecule has 0 aliphatic carbocycles. The van der Waals surface area contributed by atoms with Gasteiger partial charge in [0.25, 0.3) is 0 Å². The molecule has 1 amide bonds. The van der Waals surface area contributed by atoms with E-state index >= 15 is 0 Å². The first kappa shape index (κ1) is 18.9. The molecule has 1 aromatic heterocycles. The average Bonchev–Trinajstić information content (AvgIpc) is 3.39. The molecule has 0 bridgehead atoms. The standard InChI is InChI=1S/C23H22N2O4/c26-21-13-19(14-25(21)12-11-17-7-3-1-4-8-17)23(27)29-16-20-15-28-22(24-20)18-9-5-2-6-10-18/h1-10,15,19H,11-14,16H2. The van der Waals surface area contributed by atoms with Crippen LogP contribution in [0.4, 0.5) is 0 Å². The number of rotatable bonds is 7. The van der Waals surface area contributed by atoms with Gasteiger partial charge in [0.2, 0.25) is 11.8 Å². The number of likely N-dealkylation sites (tertiary alicyclic amines) is 1. The van der Waals surface area contributed by atoms with E-state index in [1.165, 1.54) is 11.8 Å². The molecule has 2 aromatic carbocycles. The van der Waals surface area contributed by atoms with E-state index in [9.17, 15) is 9.59 Å². The number of nitrogens with zero attached hydrogens (tertiary/aromatic N) is 2. The van der Waals surface area contributed by atoms with Gasteiger partial charge in [-0.25, -0.2) is 4.98 Å². The van der Waals surface area contributed by atoms with Gasteiger partial charge in [-0.05, 0) is 24.1 Å². The van der Waals surface area contributed by atoms with Gasteiger partial charge in [-0.3, -0.25) is 9.59 Å². The molecule has 4 rings (SSSR count). The molecule has 1 unspecified atom stereocenters. The first-order chi connectivity index (χ1) is 14.2. The molecule has 6 nitrogen and oxygen atoms in total. The van der Waals surface area contributed by atoms with Crippen molar-refractivity contribution in [3.05, 3.63) is 78.2 Å². The Hall–Kier alpha value is -3.41. The van der Waals surface area contributed by atoms with Crippen molar-refractivity contribution in [1.29, 1.82) is 0 Å². The van der Waals surface area contributed by atoms with Gasteiger partial charge in [0.05, 0.1) is 5.92 Å². The molecule has 0 spiro atoms. The summed E-state index contributed by atoms with van der Waals surface area (Å²) in [5.74, 6) is -0.320. The summed E-state index contributed by atoms with van der Waals surface area (Å²) in [6.07, 6.45) is 2.46. The minimum Gasteiger partial charge on any atom is -0.459 e. The van der Waals surface area contributed by atoms with Crippen LogP contribution in [-0.2, 0) is 27.4 Å². The molecule has 1 atom stereocenters. The number of aromatic nitrogens is 1. The number of amides is 1. The maximum Gasteiger partial charge on any atom is 0.311 e. The van der Waals surface area contributed by atoms with Crippen LogP contribution < -0.4 is 0 Å². The summed E-state index contributed by atoms with van der Waals surface area (Å²) in [5.41, 5.74) is 2.58. The number of esters is 1. The van der Waals surface area contributed by atoms with E-state index in [0.29, 0.717) is 24.7 Å². The summed E-state index contributed by atoms with van der Waals surface area (Å²) in [6, 6.07) is 19.5. The molecule has 0 radical (unpaired) electrons. The molecular weight excluding hydrogens is 368 g/mol. The topological polar surface area (TPSA) is 72.6 Å². The van der Waals surface area contributed by atoms with Crippen LogP contribution >= 0.6 is 0 Å².